The highest BCUT2D eigenvalue weighted by molar-refractivity contribution is 7.92. The van der Waals surface area contributed by atoms with E-state index in [2.05, 4.69) is 14.2 Å². The second-order valence-corrected chi connectivity index (χ2v) is 8.70. The normalized spacial score (nSPS) is 14.0. The summed E-state index contributed by atoms with van der Waals surface area (Å²) < 4.78 is 55.8. The van der Waals surface area contributed by atoms with Crippen molar-refractivity contribution < 1.29 is 30.7 Å². The number of hydrogen-bond acceptors (Lipinski definition) is 8. The summed E-state index contributed by atoms with van der Waals surface area (Å²) in [7, 11) is -6.59. The molecular formula is C14H19NO7S2. The Hall–Kier alpha value is -1.94. The molecule has 0 saturated heterocycles. The third kappa shape index (κ3) is 5.93. The van der Waals surface area contributed by atoms with Gasteiger partial charge in [0.1, 0.15) is 0 Å². The van der Waals surface area contributed by atoms with Gasteiger partial charge in [0.15, 0.2) is 15.1 Å². The molecule has 0 aliphatic carbocycles. The number of benzene rings is 1. The zero-order valence-electron chi connectivity index (χ0n) is 13.5. The molecule has 8 nitrogen and oxygen atoms in total. The number of esters is 1. The lowest BCUT2D eigenvalue weighted by molar-refractivity contribution is -0.140. The van der Waals surface area contributed by atoms with Gasteiger partial charge < -0.3 is 4.74 Å². The van der Waals surface area contributed by atoms with E-state index in [1.54, 1.807) is 18.2 Å². The van der Waals surface area contributed by atoms with Crippen LogP contribution < -0.4 is 0 Å². The maximum atomic E-state index is 12.6. The minimum atomic E-state index is -3.94. The monoisotopic (exact) mass is 377 g/mol. The third-order valence-corrected chi connectivity index (χ3v) is 5.46. The lowest BCUT2D eigenvalue weighted by Crippen LogP contribution is -2.32. The van der Waals surface area contributed by atoms with Gasteiger partial charge >= 0.3 is 16.1 Å². The van der Waals surface area contributed by atoms with E-state index in [1.165, 1.54) is 19.1 Å². The molecule has 1 aromatic rings. The second kappa shape index (κ2) is 8.25. The highest BCUT2D eigenvalue weighted by Gasteiger charge is 2.34. The fourth-order valence-electron chi connectivity index (χ4n) is 1.82. The topological polar surface area (TPSA) is 116 Å². The number of methoxy groups -OCH3 is 1. The summed E-state index contributed by atoms with van der Waals surface area (Å²) >= 11 is 0. The first-order valence-corrected chi connectivity index (χ1v) is 10.2. The number of nitrogens with zero attached hydrogens (tertiary/aromatic N) is 1. The van der Waals surface area contributed by atoms with Crippen LogP contribution in [-0.4, -0.2) is 47.1 Å². The van der Waals surface area contributed by atoms with Crippen molar-refractivity contribution >= 4 is 31.6 Å². The highest BCUT2D eigenvalue weighted by atomic mass is 32.2. The van der Waals surface area contributed by atoms with Gasteiger partial charge in [0.05, 0.1) is 24.0 Å². The summed E-state index contributed by atoms with van der Waals surface area (Å²) in [6, 6.07) is 7.53. The van der Waals surface area contributed by atoms with Crippen LogP contribution in [0.4, 0.5) is 0 Å². The molecule has 0 saturated carbocycles. The van der Waals surface area contributed by atoms with Crippen LogP contribution in [0, 0.1) is 0 Å². The van der Waals surface area contributed by atoms with Gasteiger partial charge in [-0.15, -0.1) is 0 Å². The Morgan fingerprint density at radius 3 is 2.25 bits per heavy atom. The van der Waals surface area contributed by atoms with Crippen LogP contribution in [0.2, 0.25) is 0 Å². The molecule has 0 aliphatic heterocycles. The molecule has 0 aliphatic rings. The Morgan fingerprint density at radius 1 is 1.17 bits per heavy atom. The summed E-state index contributed by atoms with van der Waals surface area (Å²) in [5, 5.41) is 1.97. The van der Waals surface area contributed by atoms with Crippen LogP contribution in [-0.2, 0) is 33.8 Å². The highest BCUT2D eigenvalue weighted by Crippen LogP contribution is 2.21. The van der Waals surface area contributed by atoms with E-state index >= 15 is 0 Å². The largest absolute Gasteiger partial charge is 0.468 e. The molecule has 0 bridgehead atoms. The van der Waals surface area contributed by atoms with Crippen molar-refractivity contribution in [2.75, 3.05) is 13.4 Å². The number of sulfone groups is 1. The second-order valence-electron chi connectivity index (χ2n) is 5.01. The van der Waals surface area contributed by atoms with Crippen molar-refractivity contribution in [1.29, 1.82) is 0 Å². The van der Waals surface area contributed by atoms with Crippen molar-refractivity contribution in [1.82, 2.24) is 0 Å². The zero-order chi connectivity index (χ0) is 18.4. The molecule has 0 spiro atoms. The summed E-state index contributed by atoms with van der Waals surface area (Å²) in [5.41, 5.74) is 0.234. The van der Waals surface area contributed by atoms with Crippen molar-refractivity contribution in [2.45, 2.75) is 29.9 Å². The van der Waals surface area contributed by atoms with Crippen LogP contribution in [0.3, 0.4) is 0 Å². The van der Waals surface area contributed by atoms with E-state index in [1.807, 2.05) is 0 Å². The Kier molecular flexibility index (Phi) is 6.91. The van der Waals surface area contributed by atoms with E-state index in [-0.39, 0.29) is 23.4 Å². The third-order valence-electron chi connectivity index (χ3n) is 3.01. The average Bonchev–Trinajstić information content (AvgIpc) is 2.52. The Morgan fingerprint density at radius 2 is 1.75 bits per heavy atom. The lowest BCUT2D eigenvalue weighted by Gasteiger charge is -2.15. The fraction of sp³-hybridized carbons (Fsp3) is 0.429. The molecule has 0 amide bonds. The number of carbonyl (C=O) groups is 1. The molecule has 1 aromatic carbocycles. The molecule has 0 radical (unpaired) electrons. The standard InChI is InChI=1S/C14H19NO7S2/c1-11(15-22-23(3,17)18)9-10-13(14(16)21-2)24(19,20)12-7-5-4-6-8-12/h4-8,13H,9-10H2,1-3H3/b15-11+. The van der Waals surface area contributed by atoms with E-state index in [0.717, 1.165) is 13.4 Å². The lowest BCUT2D eigenvalue weighted by atomic mass is 10.2. The maximum Gasteiger partial charge on any atom is 0.325 e. The first kappa shape index (κ1) is 20.1. The maximum absolute atomic E-state index is 12.6. The molecule has 0 heterocycles. The number of oxime groups is 1. The van der Waals surface area contributed by atoms with Gasteiger partial charge in [0, 0.05) is 0 Å². The summed E-state index contributed by atoms with van der Waals surface area (Å²) in [5.74, 6) is -0.893. The van der Waals surface area contributed by atoms with Gasteiger partial charge in [-0.1, -0.05) is 23.4 Å². The Bertz CT molecular complexity index is 799. The van der Waals surface area contributed by atoms with Gasteiger partial charge in [-0.3, -0.25) is 9.08 Å². The smallest absolute Gasteiger partial charge is 0.325 e. The Labute approximate surface area is 141 Å². The minimum Gasteiger partial charge on any atom is -0.468 e. The molecule has 0 N–H and O–H groups in total. The number of hydrogen-bond donors (Lipinski definition) is 0. The number of ether oxygens (including phenoxy) is 1. The number of rotatable bonds is 8. The van der Waals surface area contributed by atoms with Crippen molar-refractivity contribution in [2.24, 2.45) is 5.16 Å². The molecule has 10 heteroatoms. The van der Waals surface area contributed by atoms with E-state index < -0.39 is 31.2 Å². The SMILES string of the molecule is COC(=O)C(CC/C(C)=N/OS(C)(=O)=O)S(=O)(=O)c1ccccc1. The first-order chi connectivity index (χ1) is 11.1. The molecular weight excluding hydrogens is 358 g/mol. The zero-order valence-corrected chi connectivity index (χ0v) is 15.1. The van der Waals surface area contributed by atoms with Crippen LogP contribution >= 0.6 is 0 Å². The van der Waals surface area contributed by atoms with Crippen LogP contribution in [0.1, 0.15) is 19.8 Å². The molecule has 0 fully saturated rings. The van der Waals surface area contributed by atoms with E-state index in [0.29, 0.717) is 0 Å². The molecule has 1 atom stereocenters. The fourth-order valence-corrected chi connectivity index (χ4v) is 3.73. The van der Waals surface area contributed by atoms with E-state index in [9.17, 15) is 21.6 Å². The molecule has 134 valence electrons. The quantitative estimate of drug-likeness (QED) is 0.379. The summed E-state index contributed by atoms with van der Waals surface area (Å²) in [4.78, 5) is 11.9. The molecule has 1 rings (SSSR count). The first-order valence-electron chi connectivity index (χ1n) is 6.87. The average molecular weight is 377 g/mol. The van der Waals surface area contributed by atoms with Gasteiger partial charge in [0.2, 0.25) is 0 Å². The van der Waals surface area contributed by atoms with Gasteiger partial charge in [0.25, 0.3) is 0 Å². The number of carbonyl (C=O) groups excluding carboxylic acids is 1. The predicted octanol–water partition coefficient (Wildman–Crippen LogP) is 1.13. The van der Waals surface area contributed by atoms with Crippen molar-refractivity contribution in [3.8, 4) is 0 Å². The van der Waals surface area contributed by atoms with Crippen LogP contribution in [0.15, 0.2) is 40.4 Å². The van der Waals surface area contributed by atoms with Gasteiger partial charge in [-0.25, -0.2) is 8.42 Å². The summed E-state index contributed by atoms with van der Waals surface area (Å²) in [6.45, 7) is 1.47. The van der Waals surface area contributed by atoms with Gasteiger partial charge in [-0.05, 0) is 31.9 Å². The molecule has 1 unspecified atom stereocenters. The van der Waals surface area contributed by atoms with Gasteiger partial charge in [-0.2, -0.15) is 8.42 Å². The summed E-state index contributed by atoms with van der Waals surface area (Å²) in [6.07, 6.45) is 0.759. The predicted molar refractivity (Wildman–Crippen MR) is 87.7 cm³/mol. The van der Waals surface area contributed by atoms with Crippen LogP contribution in [0.5, 0.6) is 0 Å². The molecule has 24 heavy (non-hydrogen) atoms. The molecule has 0 aromatic heterocycles. The Balaban J connectivity index is 2.98. The van der Waals surface area contributed by atoms with E-state index in [4.69, 9.17) is 0 Å². The minimum absolute atomic E-state index is 0.00220. The van der Waals surface area contributed by atoms with Crippen molar-refractivity contribution in [3.05, 3.63) is 30.3 Å². The van der Waals surface area contributed by atoms with Crippen LogP contribution in [0.25, 0.3) is 0 Å². The van der Waals surface area contributed by atoms with Crippen molar-refractivity contribution in [3.63, 3.8) is 0 Å².